The van der Waals surface area contributed by atoms with Crippen LogP contribution in [0.15, 0.2) is 69.1 Å². The lowest BCUT2D eigenvalue weighted by Gasteiger charge is -2.16. The van der Waals surface area contributed by atoms with Crippen LogP contribution in [-0.4, -0.2) is 32.8 Å². The topological polar surface area (TPSA) is 107 Å². The number of fused-ring (bicyclic) bond motifs is 1. The lowest BCUT2D eigenvalue weighted by molar-refractivity contribution is -0.140. The van der Waals surface area contributed by atoms with E-state index in [0.717, 1.165) is 0 Å². The third-order valence-electron chi connectivity index (χ3n) is 4.77. The standard InChI is InChI=1S/C22H18FN3O5S/c1-30-19(28)10-16(17-11-25-26-7-3-6-24-22(17)26)21-20(29)18(27)9-14(31-21)12-32-15-5-2-4-13(23)8-15/h2-9,11,16,29H,10,12H2,1H3/t16-/m1/s1. The molecule has 8 nitrogen and oxygen atoms in total. The number of aromatic nitrogens is 3. The second-order valence-corrected chi connectivity index (χ2v) is 7.91. The number of thioether (sulfide) groups is 1. The van der Waals surface area contributed by atoms with Crippen molar-refractivity contribution >= 4 is 23.4 Å². The zero-order valence-corrected chi connectivity index (χ0v) is 17.7. The lowest BCUT2D eigenvalue weighted by atomic mass is 9.94. The molecule has 0 saturated carbocycles. The maximum absolute atomic E-state index is 13.4. The number of benzene rings is 1. The molecule has 0 aliphatic carbocycles. The first-order valence-corrected chi connectivity index (χ1v) is 10.5. The first-order chi connectivity index (χ1) is 15.5. The Balaban J connectivity index is 1.74. The molecule has 0 aliphatic rings. The van der Waals surface area contributed by atoms with E-state index >= 15 is 0 Å². The van der Waals surface area contributed by atoms with E-state index in [1.807, 2.05) is 0 Å². The fraction of sp³-hybridized carbons (Fsp3) is 0.182. The van der Waals surface area contributed by atoms with Gasteiger partial charge >= 0.3 is 5.97 Å². The third-order valence-corrected chi connectivity index (χ3v) is 5.79. The predicted molar refractivity (Wildman–Crippen MR) is 114 cm³/mol. The minimum atomic E-state index is -0.860. The van der Waals surface area contributed by atoms with Crippen molar-refractivity contribution in [2.45, 2.75) is 23.0 Å². The number of rotatable bonds is 7. The second kappa shape index (κ2) is 9.23. The van der Waals surface area contributed by atoms with Crippen molar-refractivity contribution in [2.24, 2.45) is 0 Å². The van der Waals surface area contributed by atoms with Gasteiger partial charge in [0.15, 0.2) is 11.4 Å². The molecular weight excluding hydrogens is 437 g/mol. The molecule has 0 aliphatic heterocycles. The molecule has 0 spiro atoms. The Kier molecular flexibility index (Phi) is 6.22. The number of carbonyl (C=O) groups is 1. The highest BCUT2D eigenvalue weighted by molar-refractivity contribution is 7.98. The zero-order valence-electron chi connectivity index (χ0n) is 16.9. The highest BCUT2D eigenvalue weighted by Crippen LogP contribution is 2.35. The molecule has 1 aromatic carbocycles. The van der Waals surface area contributed by atoms with Crippen LogP contribution in [0, 0.1) is 5.82 Å². The number of aromatic hydroxyl groups is 1. The minimum Gasteiger partial charge on any atom is -0.502 e. The van der Waals surface area contributed by atoms with Crippen LogP contribution < -0.4 is 5.43 Å². The first-order valence-electron chi connectivity index (χ1n) is 9.55. The number of hydrogen-bond donors (Lipinski definition) is 1. The van der Waals surface area contributed by atoms with Gasteiger partial charge in [-0.3, -0.25) is 9.59 Å². The molecule has 0 amide bonds. The van der Waals surface area contributed by atoms with E-state index in [0.29, 0.717) is 16.1 Å². The highest BCUT2D eigenvalue weighted by atomic mass is 32.2. The van der Waals surface area contributed by atoms with Crippen molar-refractivity contribution < 1.29 is 23.4 Å². The van der Waals surface area contributed by atoms with E-state index in [1.54, 1.807) is 30.6 Å². The largest absolute Gasteiger partial charge is 0.502 e. The summed E-state index contributed by atoms with van der Waals surface area (Å²) in [7, 11) is 1.25. The molecule has 3 aromatic heterocycles. The summed E-state index contributed by atoms with van der Waals surface area (Å²) in [6.45, 7) is 0. The molecule has 1 N–H and O–H groups in total. The summed E-state index contributed by atoms with van der Waals surface area (Å²) in [6, 6.07) is 8.90. The predicted octanol–water partition coefficient (Wildman–Crippen LogP) is 3.51. The van der Waals surface area contributed by atoms with Crippen LogP contribution in [0.3, 0.4) is 0 Å². The van der Waals surface area contributed by atoms with Crippen molar-refractivity contribution in [1.29, 1.82) is 0 Å². The Morgan fingerprint density at radius 2 is 2.19 bits per heavy atom. The SMILES string of the molecule is COC(=O)C[C@@H](c1oc(CSc2cccc(F)c2)cc(=O)c1O)c1cnn2cccnc12. The highest BCUT2D eigenvalue weighted by Gasteiger charge is 2.29. The van der Waals surface area contributed by atoms with Crippen molar-refractivity contribution in [3.63, 3.8) is 0 Å². The van der Waals surface area contributed by atoms with E-state index in [1.165, 1.54) is 47.8 Å². The van der Waals surface area contributed by atoms with Gasteiger partial charge in [0.05, 0.1) is 31.4 Å². The van der Waals surface area contributed by atoms with Crippen LogP contribution in [0.2, 0.25) is 0 Å². The van der Waals surface area contributed by atoms with Gasteiger partial charge in [-0.05, 0) is 24.3 Å². The number of carbonyl (C=O) groups excluding carboxylic acids is 1. The minimum absolute atomic E-state index is 0.0849. The van der Waals surface area contributed by atoms with Gasteiger partial charge in [-0.15, -0.1) is 11.8 Å². The molecule has 4 aromatic rings. The summed E-state index contributed by atoms with van der Waals surface area (Å²) in [4.78, 5) is 29.6. The molecule has 164 valence electrons. The third kappa shape index (κ3) is 4.50. The summed E-state index contributed by atoms with van der Waals surface area (Å²) in [5.74, 6) is -2.01. The Hall–Kier alpha value is -3.66. The van der Waals surface area contributed by atoms with E-state index in [-0.39, 0.29) is 29.5 Å². The van der Waals surface area contributed by atoms with Crippen LogP contribution >= 0.6 is 11.8 Å². The summed E-state index contributed by atoms with van der Waals surface area (Å²) in [6.07, 6.45) is 4.55. The lowest BCUT2D eigenvalue weighted by Crippen LogP contribution is -2.14. The number of hydrogen-bond acceptors (Lipinski definition) is 8. The molecule has 10 heteroatoms. The molecule has 3 heterocycles. The molecular formula is C22H18FN3O5S. The molecule has 0 bridgehead atoms. The summed E-state index contributed by atoms with van der Waals surface area (Å²) >= 11 is 1.27. The Labute approximate surface area is 185 Å². The van der Waals surface area contributed by atoms with E-state index in [2.05, 4.69) is 10.1 Å². The fourth-order valence-electron chi connectivity index (χ4n) is 3.26. The van der Waals surface area contributed by atoms with E-state index < -0.39 is 23.1 Å². The van der Waals surface area contributed by atoms with Gasteiger partial charge in [0.25, 0.3) is 0 Å². The first kappa shape index (κ1) is 21.6. The van der Waals surface area contributed by atoms with E-state index in [9.17, 15) is 19.1 Å². The van der Waals surface area contributed by atoms with Crippen molar-refractivity contribution in [1.82, 2.24) is 14.6 Å². The van der Waals surface area contributed by atoms with Crippen LogP contribution in [0.5, 0.6) is 5.75 Å². The molecule has 0 unspecified atom stereocenters. The Bertz CT molecular complexity index is 1340. The van der Waals surface area contributed by atoms with Gasteiger partial charge in [-0.25, -0.2) is 13.9 Å². The number of methoxy groups -OCH3 is 1. The maximum Gasteiger partial charge on any atom is 0.306 e. The zero-order chi connectivity index (χ0) is 22.7. The van der Waals surface area contributed by atoms with Gasteiger partial charge in [-0.2, -0.15) is 5.10 Å². The average molecular weight is 455 g/mol. The quantitative estimate of drug-likeness (QED) is 0.333. The smallest absolute Gasteiger partial charge is 0.306 e. The van der Waals surface area contributed by atoms with Gasteiger partial charge in [0.2, 0.25) is 11.2 Å². The normalized spacial score (nSPS) is 12.1. The second-order valence-electron chi connectivity index (χ2n) is 6.86. The van der Waals surface area contributed by atoms with Crippen molar-refractivity contribution in [3.8, 4) is 5.75 Å². The molecule has 0 fully saturated rings. The van der Waals surface area contributed by atoms with Crippen molar-refractivity contribution in [2.75, 3.05) is 7.11 Å². The van der Waals surface area contributed by atoms with Crippen LogP contribution in [-0.2, 0) is 15.3 Å². The Morgan fingerprint density at radius 1 is 1.34 bits per heavy atom. The van der Waals surface area contributed by atoms with Crippen molar-refractivity contribution in [3.05, 3.63) is 88.1 Å². The molecule has 0 saturated heterocycles. The van der Waals surface area contributed by atoms with Gasteiger partial charge in [0, 0.05) is 28.9 Å². The van der Waals surface area contributed by atoms with E-state index in [4.69, 9.17) is 9.15 Å². The molecule has 4 rings (SSSR count). The molecule has 0 radical (unpaired) electrons. The monoisotopic (exact) mass is 455 g/mol. The summed E-state index contributed by atoms with van der Waals surface area (Å²) in [5.41, 5.74) is 0.285. The van der Waals surface area contributed by atoms with Crippen LogP contribution in [0.4, 0.5) is 4.39 Å². The summed E-state index contributed by atoms with van der Waals surface area (Å²) < 4.78 is 25.6. The van der Waals surface area contributed by atoms with Gasteiger partial charge < -0.3 is 14.3 Å². The average Bonchev–Trinajstić information content (AvgIpc) is 3.22. The number of nitrogens with zero attached hydrogens (tertiary/aromatic N) is 3. The van der Waals surface area contributed by atoms with Gasteiger partial charge in [0.1, 0.15) is 11.6 Å². The van der Waals surface area contributed by atoms with Crippen LogP contribution in [0.25, 0.3) is 5.65 Å². The Morgan fingerprint density at radius 3 is 2.97 bits per heavy atom. The van der Waals surface area contributed by atoms with Gasteiger partial charge in [-0.1, -0.05) is 6.07 Å². The maximum atomic E-state index is 13.4. The summed E-state index contributed by atoms with van der Waals surface area (Å²) in [5, 5.41) is 14.7. The number of halogens is 1. The fourth-order valence-corrected chi connectivity index (χ4v) is 4.08. The van der Waals surface area contributed by atoms with Crippen LogP contribution in [0.1, 0.15) is 29.4 Å². The molecule has 1 atom stereocenters. The molecule has 32 heavy (non-hydrogen) atoms. The number of esters is 1. The number of ether oxygens (including phenoxy) is 1.